The third-order valence-electron chi connectivity index (χ3n) is 3.55. The summed E-state index contributed by atoms with van der Waals surface area (Å²) >= 11 is 0. The molecule has 0 spiro atoms. The van der Waals surface area contributed by atoms with Gasteiger partial charge in [0.25, 0.3) is 0 Å². The molecule has 0 aliphatic carbocycles. The number of nitrogens with one attached hydrogen (secondary N) is 1. The van der Waals surface area contributed by atoms with E-state index in [4.69, 9.17) is 19.9 Å². The lowest BCUT2D eigenvalue weighted by Gasteiger charge is -2.13. The number of hydrogen-bond donors (Lipinski definition) is 2. The Morgan fingerprint density at radius 3 is 2.38 bits per heavy atom. The molecule has 0 aliphatic heterocycles. The second-order valence-electron chi connectivity index (χ2n) is 6.41. The molecule has 158 valence electrons. The number of nitrogens with two attached hydrogens (primary N) is 1. The number of hydrogen-bond acceptors (Lipinski definition) is 4. The van der Waals surface area contributed by atoms with Crippen molar-refractivity contribution in [3.05, 3.63) is 48.0 Å². The summed E-state index contributed by atoms with van der Waals surface area (Å²) in [7, 11) is 1.35. The van der Waals surface area contributed by atoms with Crippen molar-refractivity contribution in [1.29, 1.82) is 0 Å². The summed E-state index contributed by atoms with van der Waals surface area (Å²) in [5, 5.41) is 2.96. The van der Waals surface area contributed by atoms with Gasteiger partial charge < -0.3 is 25.3 Å². The topological polar surface area (TPSA) is 78.1 Å². The van der Waals surface area contributed by atoms with Crippen molar-refractivity contribution in [2.24, 2.45) is 10.7 Å². The van der Waals surface area contributed by atoms with Crippen LogP contribution in [-0.4, -0.2) is 32.0 Å². The first-order valence-electron chi connectivity index (χ1n) is 8.86. The third-order valence-corrected chi connectivity index (χ3v) is 3.55. The van der Waals surface area contributed by atoms with E-state index in [0.717, 1.165) is 11.4 Å². The fraction of sp³-hybridized carbons (Fsp3) is 0.350. The first-order chi connectivity index (χ1) is 13.7. The minimum atomic E-state index is -4.42. The molecule has 2 aromatic carbocycles. The number of alkyl halides is 3. The van der Waals surface area contributed by atoms with Crippen molar-refractivity contribution in [3.63, 3.8) is 0 Å². The number of methoxy groups -OCH3 is 1. The first kappa shape index (κ1) is 22.2. The van der Waals surface area contributed by atoms with Crippen LogP contribution in [0.25, 0.3) is 0 Å². The Hall–Kier alpha value is -3.10. The van der Waals surface area contributed by atoms with Gasteiger partial charge in [0.2, 0.25) is 0 Å². The first-order valence-corrected chi connectivity index (χ1v) is 8.86. The number of aliphatic imine (C=N–C) groups is 1. The van der Waals surface area contributed by atoms with Crippen LogP contribution in [0.3, 0.4) is 0 Å². The average Bonchev–Trinajstić information content (AvgIpc) is 2.65. The fourth-order valence-electron chi connectivity index (χ4n) is 2.34. The minimum Gasteiger partial charge on any atom is -0.493 e. The lowest BCUT2D eigenvalue weighted by atomic mass is 10.2. The molecule has 0 bridgehead atoms. The lowest BCUT2D eigenvalue weighted by Crippen LogP contribution is -2.22. The number of guanidine groups is 1. The SMILES string of the molecule is COc1cc(CN=C(N)Nc2ccc(OC(C)C)cc2)ccc1OCC(F)(F)F. The van der Waals surface area contributed by atoms with Crippen LogP contribution >= 0.6 is 0 Å². The highest BCUT2D eigenvalue weighted by Gasteiger charge is 2.29. The molecule has 9 heteroatoms. The Balaban J connectivity index is 1.97. The van der Waals surface area contributed by atoms with Gasteiger partial charge in [0.1, 0.15) is 5.75 Å². The van der Waals surface area contributed by atoms with E-state index in [1.165, 1.54) is 13.2 Å². The fourth-order valence-corrected chi connectivity index (χ4v) is 2.34. The zero-order valence-corrected chi connectivity index (χ0v) is 16.4. The molecule has 0 unspecified atom stereocenters. The van der Waals surface area contributed by atoms with Crippen LogP contribution in [0.1, 0.15) is 19.4 Å². The highest BCUT2D eigenvalue weighted by Crippen LogP contribution is 2.30. The number of anilines is 1. The second kappa shape index (κ2) is 9.90. The zero-order valence-electron chi connectivity index (χ0n) is 16.4. The number of rotatable bonds is 8. The molecule has 0 atom stereocenters. The molecule has 29 heavy (non-hydrogen) atoms. The van der Waals surface area contributed by atoms with Gasteiger partial charge in [-0.2, -0.15) is 13.2 Å². The Kier molecular flexibility index (Phi) is 7.58. The average molecular weight is 411 g/mol. The molecule has 0 heterocycles. The maximum absolute atomic E-state index is 12.3. The van der Waals surface area contributed by atoms with Crippen LogP contribution in [0.5, 0.6) is 17.2 Å². The largest absolute Gasteiger partial charge is 0.493 e. The Morgan fingerprint density at radius 2 is 1.79 bits per heavy atom. The molecular formula is C20H24F3N3O3. The predicted octanol–water partition coefficient (Wildman–Crippen LogP) is 4.35. The van der Waals surface area contributed by atoms with Crippen molar-refractivity contribution in [1.82, 2.24) is 0 Å². The van der Waals surface area contributed by atoms with Crippen LogP contribution < -0.4 is 25.3 Å². The predicted molar refractivity (Wildman–Crippen MR) is 106 cm³/mol. The lowest BCUT2D eigenvalue weighted by molar-refractivity contribution is -0.153. The molecule has 0 aliphatic rings. The molecule has 0 saturated carbocycles. The molecule has 2 aromatic rings. The monoisotopic (exact) mass is 411 g/mol. The molecule has 0 radical (unpaired) electrons. The molecule has 2 rings (SSSR count). The van der Waals surface area contributed by atoms with Crippen LogP contribution in [-0.2, 0) is 6.54 Å². The van der Waals surface area contributed by atoms with Gasteiger partial charge in [-0.25, -0.2) is 4.99 Å². The van der Waals surface area contributed by atoms with Crippen molar-refractivity contribution in [2.75, 3.05) is 19.0 Å². The van der Waals surface area contributed by atoms with Gasteiger partial charge in [0.15, 0.2) is 24.1 Å². The second-order valence-corrected chi connectivity index (χ2v) is 6.41. The number of nitrogens with zero attached hydrogens (tertiary/aromatic N) is 1. The van der Waals surface area contributed by atoms with Gasteiger partial charge >= 0.3 is 6.18 Å². The zero-order chi connectivity index (χ0) is 21.4. The van der Waals surface area contributed by atoms with E-state index in [1.807, 2.05) is 38.1 Å². The molecule has 0 fully saturated rings. The van der Waals surface area contributed by atoms with Gasteiger partial charge in [-0.05, 0) is 55.8 Å². The summed E-state index contributed by atoms with van der Waals surface area (Å²) in [4.78, 5) is 4.23. The molecular weight excluding hydrogens is 387 g/mol. The quantitative estimate of drug-likeness (QED) is 0.499. The summed E-state index contributed by atoms with van der Waals surface area (Å²) < 4.78 is 52.4. The standard InChI is InChI=1S/C20H24F3N3O3/c1-13(2)29-16-7-5-15(6-8-16)26-19(24)25-11-14-4-9-17(18(10-14)27-3)28-12-20(21,22)23/h4-10,13H,11-12H2,1-3H3,(H3,24,25,26). The normalized spacial score (nSPS) is 12.0. The van der Waals surface area contributed by atoms with Crippen molar-refractivity contribution < 1.29 is 27.4 Å². The Labute approximate surface area is 167 Å². The smallest absolute Gasteiger partial charge is 0.422 e. The van der Waals surface area contributed by atoms with Crippen LogP contribution in [0, 0.1) is 0 Å². The highest BCUT2D eigenvalue weighted by molar-refractivity contribution is 5.92. The van der Waals surface area contributed by atoms with E-state index in [2.05, 4.69) is 10.3 Å². The van der Waals surface area contributed by atoms with E-state index < -0.39 is 12.8 Å². The summed E-state index contributed by atoms with van der Waals surface area (Å²) in [5.74, 6) is 1.14. The van der Waals surface area contributed by atoms with Gasteiger partial charge in [-0.3, -0.25) is 0 Å². The van der Waals surface area contributed by atoms with Gasteiger partial charge in [0.05, 0.1) is 19.8 Å². The highest BCUT2D eigenvalue weighted by atomic mass is 19.4. The maximum Gasteiger partial charge on any atom is 0.422 e. The van der Waals surface area contributed by atoms with E-state index in [-0.39, 0.29) is 30.1 Å². The van der Waals surface area contributed by atoms with E-state index in [1.54, 1.807) is 12.1 Å². The van der Waals surface area contributed by atoms with E-state index in [9.17, 15) is 13.2 Å². The van der Waals surface area contributed by atoms with E-state index >= 15 is 0 Å². The molecule has 0 amide bonds. The summed E-state index contributed by atoms with van der Waals surface area (Å²) in [6, 6.07) is 11.8. The third kappa shape index (κ3) is 7.81. The number of halogens is 3. The molecule has 0 saturated heterocycles. The molecule has 0 aromatic heterocycles. The van der Waals surface area contributed by atoms with Crippen LogP contribution in [0.2, 0.25) is 0 Å². The Morgan fingerprint density at radius 1 is 1.10 bits per heavy atom. The van der Waals surface area contributed by atoms with E-state index in [0.29, 0.717) is 5.56 Å². The van der Waals surface area contributed by atoms with Gasteiger partial charge in [-0.1, -0.05) is 6.07 Å². The van der Waals surface area contributed by atoms with Gasteiger partial charge in [-0.15, -0.1) is 0 Å². The summed E-state index contributed by atoms with van der Waals surface area (Å²) in [6.07, 6.45) is -4.34. The maximum atomic E-state index is 12.3. The van der Waals surface area contributed by atoms with Gasteiger partial charge in [0, 0.05) is 5.69 Å². The van der Waals surface area contributed by atoms with Crippen LogP contribution in [0.4, 0.5) is 18.9 Å². The van der Waals surface area contributed by atoms with Crippen molar-refractivity contribution >= 4 is 11.6 Å². The molecule has 3 N–H and O–H groups in total. The van der Waals surface area contributed by atoms with Crippen molar-refractivity contribution in [3.8, 4) is 17.2 Å². The summed E-state index contributed by atoms with van der Waals surface area (Å²) in [5.41, 5.74) is 7.34. The molecule has 6 nitrogen and oxygen atoms in total. The van der Waals surface area contributed by atoms with Crippen molar-refractivity contribution in [2.45, 2.75) is 32.7 Å². The minimum absolute atomic E-state index is 0.00681. The Bertz CT molecular complexity index is 822. The summed E-state index contributed by atoms with van der Waals surface area (Å²) in [6.45, 7) is 2.71. The number of ether oxygens (including phenoxy) is 3. The number of benzene rings is 2. The van der Waals surface area contributed by atoms with Crippen LogP contribution in [0.15, 0.2) is 47.5 Å².